The van der Waals surface area contributed by atoms with Gasteiger partial charge in [0.1, 0.15) is 5.82 Å². The second kappa shape index (κ2) is 4.98. The van der Waals surface area contributed by atoms with E-state index in [4.69, 9.17) is 0 Å². The van der Waals surface area contributed by atoms with Gasteiger partial charge in [-0.1, -0.05) is 12.1 Å². The number of benzene rings is 1. The van der Waals surface area contributed by atoms with Crippen molar-refractivity contribution in [1.82, 2.24) is 10.2 Å². The van der Waals surface area contributed by atoms with Gasteiger partial charge in [-0.3, -0.25) is 4.90 Å². The first-order chi connectivity index (χ1) is 8.72. The van der Waals surface area contributed by atoms with Crippen LogP contribution in [0.2, 0.25) is 0 Å². The van der Waals surface area contributed by atoms with Gasteiger partial charge in [0.15, 0.2) is 0 Å². The molecule has 1 heterocycles. The summed E-state index contributed by atoms with van der Waals surface area (Å²) in [5, 5.41) is 3.55. The van der Waals surface area contributed by atoms with Gasteiger partial charge in [0.2, 0.25) is 0 Å². The van der Waals surface area contributed by atoms with Gasteiger partial charge >= 0.3 is 0 Å². The molecule has 1 N–H and O–H groups in total. The third-order valence-corrected chi connectivity index (χ3v) is 4.11. The lowest BCUT2D eigenvalue weighted by molar-refractivity contribution is 0.317. The number of nitrogens with one attached hydrogen (secondary N) is 1. The minimum absolute atomic E-state index is 0.0969. The Morgan fingerprint density at radius 2 is 2.17 bits per heavy atom. The fourth-order valence-electron chi connectivity index (χ4n) is 2.73. The Hall–Kier alpha value is -0.930. The summed E-state index contributed by atoms with van der Waals surface area (Å²) >= 11 is 0. The fraction of sp³-hybridized carbons (Fsp3) is 0.600. The van der Waals surface area contributed by atoms with Crippen LogP contribution in [-0.2, 0) is 6.54 Å². The van der Waals surface area contributed by atoms with Crippen LogP contribution in [0.15, 0.2) is 18.2 Å². The van der Waals surface area contributed by atoms with Gasteiger partial charge in [0.25, 0.3) is 0 Å². The van der Waals surface area contributed by atoms with Crippen LogP contribution in [-0.4, -0.2) is 30.1 Å². The number of hydrogen-bond donors (Lipinski definition) is 1. The predicted molar refractivity (Wildman–Crippen MR) is 71.0 cm³/mol. The average molecular weight is 248 g/mol. The van der Waals surface area contributed by atoms with Gasteiger partial charge in [-0.25, -0.2) is 4.39 Å². The van der Waals surface area contributed by atoms with Crippen LogP contribution >= 0.6 is 0 Å². The summed E-state index contributed by atoms with van der Waals surface area (Å²) in [6.45, 7) is 4.97. The number of halogens is 1. The van der Waals surface area contributed by atoms with Crippen LogP contribution in [0.25, 0.3) is 0 Å². The molecule has 3 rings (SSSR count). The quantitative estimate of drug-likeness (QED) is 0.880. The highest BCUT2D eigenvalue weighted by atomic mass is 19.1. The molecule has 1 saturated heterocycles. The molecule has 1 atom stereocenters. The van der Waals surface area contributed by atoms with Crippen molar-refractivity contribution in [1.29, 1.82) is 0 Å². The lowest BCUT2D eigenvalue weighted by atomic mass is 10.1. The molecule has 2 aliphatic rings. The van der Waals surface area contributed by atoms with E-state index in [1.165, 1.54) is 32.4 Å². The van der Waals surface area contributed by atoms with E-state index < -0.39 is 0 Å². The van der Waals surface area contributed by atoms with E-state index >= 15 is 0 Å². The number of aryl methyl sites for hydroxylation is 1. The largest absolute Gasteiger partial charge is 0.309 e. The summed E-state index contributed by atoms with van der Waals surface area (Å²) in [6, 6.07) is 6.97. The summed E-state index contributed by atoms with van der Waals surface area (Å²) in [7, 11) is 0. The molecule has 18 heavy (non-hydrogen) atoms. The highest BCUT2D eigenvalue weighted by Crippen LogP contribution is 2.29. The maximum Gasteiger partial charge on any atom is 0.126 e. The van der Waals surface area contributed by atoms with Crippen LogP contribution in [0.5, 0.6) is 0 Å². The van der Waals surface area contributed by atoms with Crippen molar-refractivity contribution < 1.29 is 4.39 Å². The molecule has 0 radical (unpaired) electrons. The van der Waals surface area contributed by atoms with Gasteiger partial charge < -0.3 is 5.32 Å². The molecule has 1 aliphatic carbocycles. The Morgan fingerprint density at radius 3 is 2.89 bits per heavy atom. The SMILES string of the molecule is Cc1ccc(CNC2CCN(C3CC3)C2)cc1F. The third kappa shape index (κ3) is 2.73. The van der Waals surface area contributed by atoms with E-state index in [-0.39, 0.29) is 5.82 Å². The summed E-state index contributed by atoms with van der Waals surface area (Å²) < 4.78 is 13.4. The zero-order valence-corrected chi connectivity index (χ0v) is 11.0. The van der Waals surface area contributed by atoms with Crippen molar-refractivity contribution in [3.63, 3.8) is 0 Å². The number of likely N-dealkylation sites (tertiary alicyclic amines) is 1. The molecule has 0 amide bonds. The van der Waals surface area contributed by atoms with E-state index in [0.717, 1.165) is 23.7 Å². The minimum atomic E-state index is -0.0969. The molecule has 1 aliphatic heterocycles. The van der Waals surface area contributed by atoms with Gasteiger partial charge in [-0.2, -0.15) is 0 Å². The van der Waals surface area contributed by atoms with Crippen molar-refractivity contribution in [2.45, 2.75) is 44.8 Å². The van der Waals surface area contributed by atoms with Crippen molar-refractivity contribution in [3.05, 3.63) is 35.1 Å². The van der Waals surface area contributed by atoms with Crippen molar-refractivity contribution >= 4 is 0 Å². The predicted octanol–water partition coefficient (Wildman–Crippen LogP) is 2.46. The van der Waals surface area contributed by atoms with Crippen molar-refractivity contribution in [3.8, 4) is 0 Å². The summed E-state index contributed by atoms with van der Waals surface area (Å²) in [6.07, 6.45) is 4.00. The monoisotopic (exact) mass is 248 g/mol. The summed E-state index contributed by atoms with van der Waals surface area (Å²) in [5.41, 5.74) is 1.77. The smallest absolute Gasteiger partial charge is 0.126 e. The Morgan fingerprint density at radius 1 is 1.33 bits per heavy atom. The second-order valence-corrected chi connectivity index (χ2v) is 5.68. The van der Waals surface area contributed by atoms with Crippen molar-refractivity contribution in [2.75, 3.05) is 13.1 Å². The van der Waals surface area contributed by atoms with Crippen LogP contribution in [0.1, 0.15) is 30.4 Å². The molecule has 98 valence electrons. The molecule has 1 saturated carbocycles. The first-order valence-electron chi connectivity index (χ1n) is 6.95. The van der Waals surface area contributed by atoms with Crippen LogP contribution in [0, 0.1) is 12.7 Å². The number of rotatable bonds is 4. The van der Waals surface area contributed by atoms with Crippen LogP contribution in [0.4, 0.5) is 4.39 Å². The fourth-order valence-corrected chi connectivity index (χ4v) is 2.73. The zero-order chi connectivity index (χ0) is 12.5. The molecule has 0 aromatic heterocycles. The molecule has 1 unspecified atom stereocenters. The Labute approximate surface area is 108 Å². The van der Waals surface area contributed by atoms with Gasteiger partial charge in [0.05, 0.1) is 0 Å². The van der Waals surface area contributed by atoms with Gasteiger partial charge in [-0.15, -0.1) is 0 Å². The number of hydrogen-bond acceptors (Lipinski definition) is 2. The first kappa shape index (κ1) is 12.1. The second-order valence-electron chi connectivity index (χ2n) is 5.68. The lowest BCUT2D eigenvalue weighted by Crippen LogP contribution is -2.32. The highest BCUT2D eigenvalue weighted by Gasteiger charge is 2.33. The highest BCUT2D eigenvalue weighted by molar-refractivity contribution is 5.23. The molecular weight excluding hydrogens is 227 g/mol. The molecule has 2 nitrogen and oxygen atoms in total. The Bertz CT molecular complexity index is 429. The maximum absolute atomic E-state index is 13.4. The maximum atomic E-state index is 13.4. The molecule has 0 spiro atoms. The van der Waals surface area contributed by atoms with E-state index in [1.807, 2.05) is 12.1 Å². The van der Waals surface area contributed by atoms with Crippen LogP contribution < -0.4 is 5.32 Å². The van der Waals surface area contributed by atoms with Crippen LogP contribution in [0.3, 0.4) is 0 Å². The Balaban J connectivity index is 1.50. The topological polar surface area (TPSA) is 15.3 Å². The summed E-state index contributed by atoms with van der Waals surface area (Å²) in [5.74, 6) is -0.0969. The normalized spacial score (nSPS) is 24.7. The summed E-state index contributed by atoms with van der Waals surface area (Å²) in [4.78, 5) is 2.59. The zero-order valence-electron chi connectivity index (χ0n) is 11.0. The standard InChI is InChI=1S/C15H21FN2/c1-11-2-3-12(8-15(11)16)9-17-13-6-7-18(10-13)14-4-5-14/h2-3,8,13-14,17H,4-7,9-10H2,1H3. The molecule has 1 aromatic rings. The van der Waals surface area contributed by atoms with Gasteiger partial charge in [0, 0.05) is 31.7 Å². The Kier molecular flexibility index (Phi) is 3.35. The molecule has 0 bridgehead atoms. The molecule has 2 fully saturated rings. The lowest BCUT2D eigenvalue weighted by Gasteiger charge is -2.16. The van der Waals surface area contributed by atoms with Gasteiger partial charge in [-0.05, 0) is 43.4 Å². The average Bonchev–Trinajstić information content (AvgIpc) is 3.11. The molecule has 3 heteroatoms. The molecular formula is C15H21FN2. The van der Waals surface area contributed by atoms with Crippen molar-refractivity contribution in [2.24, 2.45) is 0 Å². The molecule has 1 aromatic carbocycles. The minimum Gasteiger partial charge on any atom is -0.309 e. The van der Waals surface area contributed by atoms with E-state index in [9.17, 15) is 4.39 Å². The van der Waals surface area contributed by atoms with E-state index in [1.54, 1.807) is 13.0 Å². The first-order valence-corrected chi connectivity index (χ1v) is 6.95. The number of nitrogens with zero attached hydrogens (tertiary/aromatic N) is 1. The van der Waals surface area contributed by atoms with E-state index in [2.05, 4.69) is 10.2 Å². The van der Waals surface area contributed by atoms with E-state index in [0.29, 0.717) is 6.04 Å². The third-order valence-electron chi connectivity index (χ3n) is 4.11.